The molecule has 0 spiro atoms. The van der Waals surface area contributed by atoms with Crippen LogP contribution in [0, 0.1) is 11.7 Å². The van der Waals surface area contributed by atoms with Gasteiger partial charge in [0, 0.05) is 31.4 Å². The second kappa shape index (κ2) is 6.84. The lowest BCUT2D eigenvalue weighted by Gasteiger charge is -2.43. The van der Waals surface area contributed by atoms with Gasteiger partial charge in [-0.2, -0.15) is 0 Å². The number of carboxylic acids is 1. The molecular formula is C17H23FN2O3. The number of rotatable bonds is 3. The van der Waals surface area contributed by atoms with Crippen molar-refractivity contribution >= 4 is 11.7 Å². The van der Waals surface area contributed by atoms with E-state index in [0.717, 1.165) is 38.2 Å². The van der Waals surface area contributed by atoms with Gasteiger partial charge >= 0.3 is 5.97 Å². The fourth-order valence-corrected chi connectivity index (χ4v) is 3.74. The van der Waals surface area contributed by atoms with Crippen LogP contribution >= 0.6 is 0 Å². The zero-order valence-electron chi connectivity index (χ0n) is 13.1. The van der Waals surface area contributed by atoms with Crippen LogP contribution in [0.4, 0.5) is 10.1 Å². The van der Waals surface area contributed by atoms with Gasteiger partial charge in [-0.3, -0.25) is 9.69 Å². The van der Waals surface area contributed by atoms with Crippen LogP contribution in [0.5, 0.6) is 0 Å². The Bertz CT molecular complexity index is 561. The molecule has 2 fully saturated rings. The third-order valence-corrected chi connectivity index (χ3v) is 5.08. The van der Waals surface area contributed by atoms with E-state index in [0.29, 0.717) is 19.0 Å². The Hall–Kier alpha value is -1.66. The fraction of sp³-hybridized carbons (Fsp3) is 0.588. The van der Waals surface area contributed by atoms with Gasteiger partial charge in [0.25, 0.3) is 0 Å². The quantitative estimate of drug-likeness (QED) is 0.884. The van der Waals surface area contributed by atoms with Crippen LogP contribution in [-0.4, -0.2) is 59.4 Å². The molecule has 3 rings (SSSR count). The molecule has 5 nitrogen and oxygen atoms in total. The standard InChI is InChI=1S/C17H23FN2O3/c18-12-2-1-3-14(10-12)19-7-4-13(5-8-19)20-9-6-15(17(22)23)16(21)11-20/h1-3,10,13,15-16,21H,4-9,11H2,(H,22,23)/t15-,16+/m0/s1. The molecule has 2 aliphatic heterocycles. The number of hydrogen-bond acceptors (Lipinski definition) is 4. The molecule has 126 valence electrons. The number of hydrogen-bond donors (Lipinski definition) is 2. The minimum absolute atomic E-state index is 0.219. The molecule has 2 atom stereocenters. The molecule has 0 bridgehead atoms. The van der Waals surface area contributed by atoms with Crippen molar-refractivity contribution in [3.05, 3.63) is 30.1 Å². The van der Waals surface area contributed by atoms with E-state index in [1.54, 1.807) is 12.1 Å². The third kappa shape index (κ3) is 3.64. The predicted molar refractivity (Wildman–Crippen MR) is 85.0 cm³/mol. The van der Waals surface area contributed by atoms with Gasteiger partial charge in [-0.05, 0) is 44.0 Å². The Labute approximate surface area is 135 Å². The molecule has 2 N–H and O–H groups in total. The number of benzene rings is 1. The van der Waals surface area contributed by atoms with Gasteiger partial charge in [-0.25, -0.2) is 4.39 Å². The number of carboxylic acid groups (broad SMARTS) is 1. The molecule has 2 saturated heterocycles. The van der Waals surface area contributed by atoms with E-state index in [1.165, 1.54) is 6.07 Å². The van der Waals surface area contributed by atoms with Crippen LogP contribution in [-0.2, 0) is 4.79 Å². The highest BCUT2D eigenvalue weighted by atomic mass is 19.1. The van der Waals surface area contributed by atoms with E-state index in [1.807, 2.05) is 6.07 Å². The molecule has 0 saturated carbocycles. The summed E-state index contributed by atoms with van der Waals surface area (Å²) in [6, 6.07) is 7.02. The Kier molecular flexibility index (Phi) is 4.82. The first-order valence-electron chi connectivity index (χ1n) is 8.20. The summed E-state index contributed by atoms with van der Waals surface area (Å²) in [6.45, 7) is 2.85. The molecule has 2 aliphatic rings. The number of halogens is 1. The van der Waals surface area contributed by atoms with Gasteiger partial charge < -0.3 is 15.1 Å². The summed E-state index contributed by atoms with van der Waals surface area (Å²) >= 11 is 0. The number of β-amino-alcohol motifs (C(OH)–C–C–N with tert-alkyl or cyclic N) is 1. The van der Waals surface area contributed by atoms with Crippen molar-refractivity contribution < 1.29 is 19.4 Å². The van der Waals surface area contributed by atoms with Crippen molar-refractivity contribution in [3.63, 3.8) is 0 Å². The first-order valence-corrected chi connectivity index (χ1v) is 8.20. The van der Waals surface area contributed by atoms with Crippen molar-refractivity contribution in [2.24, 2.45) is 5.92 Å². The van der Waals surface area contributed by atoms with Crippen LogP contribution in [0.15, 0.2) is 24.3 Å². The van der Waals surface area contributed by atoms with Gasteiger partial charge in [0.05, 0.1) is 12.0 Å². The maximum atomic E-state index is 13.3. The van der Waals surface area contributed by atoms with Crippen LogP contribution in [0.3, 0.4) is 0 Å². The monoisotopic (exact) mass is 322 g/mol. The maximum absolute atomic E-state index is 13.3. The molecule has 6 heteroatoms. The number of anilines is 1. The molecule has 0 unspecified atom stereocenters. The summed E-state index contributed by atoms with van der Waals surface area (Å²) in [4.78, 5) is 15.5. The van der Waals surface area contributed by atoms with Gasteiger partial charge in [0.1, 0.15) is 5.82 Å². The van der Waals surface area contributed by atoms with Crippen molar-refractivity contribution in [2.45, 2.75) is 31.4 Å². The second-order valence-corrected chi connectivity index (χ2v) is 6.49. The highest BCUT2D eigenvalue weighted by Gasteiger charge is 2.36. The summed E-state index contributed by atoms with van der Waals surface area (Å²) in [6.07, 6.45) is 1.60. The highest BCUT2D eigenvalue weighted by Crippen LogP contribution is 2.27. The van der Waals surface area contributed by atoms with E-state index in [4.69, 9.17) is 5.11 Å². The summed E-state index contributed by atoms with van der Waals surface area (Å²) in [5.74, 6) is -1.76. The molecule has 0 aromatic heterocycles. The SMILES string of the molecule is O=C(O)[C@H]1CCN(C2CCN(c3cccc(F)c3)CC2)C[C@H]1O. The van der Waals surface area contributed by atoms with Gasteiger partial charge in [-0.15, -0.1) is 0 Å². The predicted octanol–water partition coefficient (Wildman–Crippen LogP) is 1.56. The fourth-order valence-electron chi connectivity index (χ4n) is 3.74. The molecule has 0 amide bonds. The zero-order valence-corrected chi connectivity index (χ0v) is 13.1. The zero-order chi connectivity index (χ0) is 16.4. The van der Waals surface area contributed by atoms with Crippen molar-refractivity contribution in [2.75, 3.05) is 31.1 Å². The lowest BCUT2D eigenvalue weighted by Crippen LogP contribution is -2.53. The molecule has 1 aromatic rings. The minimum Gasteiger partial charge on any atom is -0.481 e. The first-order chi connectivity index (χ1) is 11.0. The van der Waals surface area contributed by atoms with E-state index < -0.39 is 18.0 Å². The van der Waals surface area contributed by atoms with Crippen LogP contribution in [0.2, 0.25) is 0 Å². The van der Waals surface area contributed by atoms with Gasteiger partial charge in [0.15, 0.2) is 0 Å². The second-order valence-electron chi connectivity index (χ2n) is 6.49. The summed E-state index contributed by atoms with van der Waals surface area (Å²) < 4.78 is 13.3. The summed E-state index contributed by atoms with van der Waals surface area (Å²) in [5.41, 5.74) is 0.910. The summed E-state index contributed by atoms with van der Waals surface area (Å²) in [5, 5.41) is 19.1. The summed E-state index contributed by atoms with van der Waals surface area (Å²) in [7, 11) is 0. The minimum atomic E-state index is -0.905. The molecule has 1 aromatic carbocycles. The van der Waals surface area contributed by atoms with Gasteiger partial charge in [0.2, 0.25) is 0 Å². The third-order valence-electron chi connectivity index (χ3n) is 5.08. The van der Waals surface area contributed by atoms with E-state index in [-0.39, 0.29) is 5.82 Å². The number of aliphatic hydroxyl groups is 1. The lowest BCUT2D eigenvalue weighted by molar-refractivity contribution is -0.149. The van der Waals surface area contributed by atoms with Crippen molar-refractivity contribution in [1.82, 2.24) is 4.90 Å². The van der Waals surface area contributed by atoms with Crippen LogP contribution in [0.25, 0.3) is 0 Å². The normalized spacial score (nSPS) is 27.1. The molecule has 0 radical (unpaired) electrons. The van der Waals surface area contributed by atoms with Crippen molar-refractivity contribution in [3.8, 4) is 0 Å². The molecular weight excluding hydrogens is 299 g/mol. The smallest absolute Gasteiger partial charge is 0.309 e. The molecule has 0 aliphatic carbocycles. The Morgan fingerprint density at radius 2 is 1.91 bits per heavy atom. The lowest BCUT2D eigenvalue weighted by atomic mass is 9.91. The first kappa shape index (κ1) is 16.2. The highest BCUT2D eigenvalue weighted by molar-refractivity contribution is 5.70. The number of carbonyl (C=O) groups is 1. The number of piperidine rings is 2. The number of aliphatic hydroxyl groups excluding tert-OH is 1. The Morgan fingerprint density at radius 1 is 1.17 bits per heavy atom. The largest absolute Gasteiger partial charge is 0.481 e. The van der Waals surface area contributed by atoms with E-state index in [2.05, 4.69) is 9.80 Å². The Balaban J connectivity index is 1.54. The Morgan fingerprint density at radius 3 is 2.52 bits per heavy atom. The van der Waals surface area contributed by atoms with E-state index >= 15 is 0 Å². The average molecular weight is 322 g/mol. The topological polar surface area (TPSA) is 64.0 Å². The van der Waals surface area contributed by atoms with Crippen LogP contribution in [0.1, 0.15) is 19.3 Å². The average Bonchev–Trinajstić information content (AvgIpc) is 2.54. The number of likely N-dealkylation sites (tertiary alicyclic amines) is 1. The number of aliphatic carboxylic acids is 1. The van der Waals surface area contributed by atoms with Gasteiger partial charge in [-0.1, -0.05) is 6.07 Å². The maximum Gasteiger partial charge on any atom is 0.309 e. The molecule has 2 heterocycles. The number of nitrogens with zero attached hydrogens (tertiary/aromatic N) is 2. The molecule has 23 heavy (non-hydrogen) atoms. The van der Waals surface area contributed by atoms with E-state index in [9.17, 15) is 14.3 Å². The van der Waals surface area contributed by atoms with Crippen molar-refractivity contribution in [1.29, 1.82) is 0 Å². The van der Waals surface area contributed by atoms with Crippen LogP contribution < -0.4 is 4.90 Å².